The van der Waals surface area contributed by atoms with Crippen molar-refractivity contribution in [3.8, 4) is 0 Å². The molecule has 0 radical (unpaired) electrons. The van der Waals surface area contributed by atoms with Gasteiger partial charge in [0.25, 0.3) is 0 Å². The SMILES string of the molecule is N[C@H](Cc1ccccc1)C(=O)N1CC[C@@H](CSc2ccccc2)C1. The van der Waals surface area contributed by atoms with E-state index >= 15 is 0 Å². The Hall–Kier alpha value is -1.78. The Labute approximate surface area is 148 Å². The highest BCUT2D eigenvalue weighted by atomic mass is 32.2. The topological polar surface area (TPSA) is 46.3 Å². The van der Waals surface area contributed by atoms with Crippen LogP contribution in [0.2, 0.25) is 0 Å². The predicted molar refractivity (Wildman–Crippen MR) is 100.0 cm³/mol. The number of hydrogen-bond acceptors (Lipinski definition) is 3. The van der Waals surface area contributed by atoms with Gasteiger partial charge >= 0.3 is 0 Å². The lowest BCUT2D eigenvalue weighted by molar-refractivity contribution is -0.131. The third-order valence-corrected chi connectivity index (χ3v) is 5.69. The first-order valence-electron chi connectivity index (χ1n) is 8.48. The highest BCUT2D eigenvalue weighted by molar-refractivity contribution is 7.99. The van der Waals surface area contributed by atoms with Crippen molar-refractivity contribution in [2.24, 2.45) is 11.7 Å². The monoisotopic (exact) mass is 340 g/mol. The average molecular weight is 340 g/mol. The Morgan fingerprint density at radius 2 is 1.79 bits per heavy atom. The number of benzene rings is 2. The summed E-state index contributed by atoms with van der Waals surface area (Å²) in [5.41, 5.74) is 7.26. The maximum Gasteiger partial charge on any atom is 0.239 e. The van der Waals surface area contributed by atoms with Gasteiger partial charge in [0.2, 0.25) is 5.91 Å². The molecule has 3 nitrogen and oxygen atoms in total. The van der Waals surface area contributed by atoms with E-state index < -0.39 is 6.04 Å². The van der Waals surface area contributed by atoms with Crippen LogP contribution in [-0.4, -0.2) is 35.7 Å². The summed E-state index contributed by atoms with van der Waals surface area (Å²) >= 11 is 1.87. The summed E-state index contributed by atoms with van der Waals surface area (Å²) in [6.07, 6.45) is 1.68. The number of carbonyl (C=O) groups is 1. The number of thioether (sulfide) groups is 1. The molecule has 0 unspecified atom stereocenters. The van der Waals surface area contributed by atoms with Crippen molar-refractivity contribution in [3.63, 3.8) is 0 Å². The van der Waals surface area contributed by atoms with Crippen molar-refractivity contribution in [2.45, 2.75) is 23.8 Å². The molecule has 1 amide bonds. The summed E-state index contributed by atoms with van der Waals surface area (Å²) in [5, 5.41) is 0. The first kappa shape index (κ1) is 17.1. The third kappa shape index (κ3) is 4.62. The van der Waals surface area contributed by atoms with E-state index in [-0.39, 0.29) is 5.91 Å². The lowest BCUT2D eigenvalue weighted by Crippen LogP contribution is -2.44. The molecular formula is C20H24N2OS. The van der Waals surface area contributed by atoms with E-state index in [4.69, 9.17) is 5.73 Å². The summed E-state index contributed by atoms with van der Waals surface area (Å²) < 4.78 is 0. The lowest BCUT2D eigenvalue weighted by atomic mass is 10.1. The van der Waals surface area contributed by atoms with Crippen LogP contribution in [-0.2, 0) is 11.2 Å². The molecule has 2 N–H and O–H groups in total. The highest BCUT2D eigenvalue weighted by Gasteiger charge is 2.29. The summed E-state index contributed by atoms with van der Waals surface area (Å²) in [6.45, 7) is 1.67. The van der Waals surface area contributed by atoms with Crippen LogP contribution in [0.5, 0.6) is 0 Å². The summed E-state index contributed by atoms with van der Waals surface area (Å²) in [4.78, 5) is 15.8. The van der Waals surface area contributed by atoms with E-state index in [1.54, 1.807) is 0 Å². The second kappa shape index (κ2) is 8.36. The van der Waals surface area contributed by atoms with Gasteiger partial charge in [0.15, 0.2) is 0 Å². The number of amides is 1. The third-order valence-electron chi connectivity index (χ3n) is 4.44. The molecule has 1 aliphatic rings. The molecule has 0 spiro atoms. The fourth-order valence-electron chi connectivity index (χ4n) is 3.09. The normalized spacial score (nSPS) is 18.5. The maximum absolute atomic E-state index is 12.6. The van der Waals surface area contributed by atoms with Crippen molar-refractivity contribution in [2.75, 3.05) is 18.8 Å². The summed E-state index contributed by atoms with van der Waals surface area (Å²) in [5.74, 6) is 1.70. The highest BCUT2D eigenvalue weighted by Crippen LogP contribution is 2.26. The quantitative estimate of drug-likeness (QED) is 0.822. The van der Waals surface area contributed by atoms with Gasteiger partial charge in [-0.15, -0.1) is 11.8 Å². The van der Waals surface area contributed by atoms with Crippen LogP contribution in [0.4, 0.5) is 0 Å². The van der Waals surface area contributed by atoms with Gasteiger partial charge in [-0.2, -0.15) is 0 Å². The Bertz CT molecular complexity index is 647. The molecule has 2 aromatic rings. The zero-order valence-corrected chi connectivity index (χ0v) is 14.6. The molecule has 0 aromatic heterocycles. The van der Waals surface area contributed by atoms with Crippen LogP contribution < -0.4 is 5.73 Å². The van der Waals surface area contributed by atoms with Crippen molar-refractivity contribution in [3.05, 3.63) is 66.2 Å². The molecule has 1 aliphatic heterocycles. The molecule has 24 heavy (non-hydrogen) atoms. The fourth-order valence-corrected chi connectivity index (χ4v) is 4.14. The van der Waals surface area contributed by atoms with Gasteiger partial charge in [-0.25, -0.2) is 0 Å². The molecule has 126 valence electrons. The number of nitrogens with two attached hydrogens (primary N) is 1. The van der Waals surface area contributed by atoms with E-state index in [0.29, 0.717) is 12.3 Å². The van der Waals surface area contributed by atoms with Crippen LogP contribution in [0, 0.1) is 5.92 Å². The minimum Gasteiger partial charge on any atom is -0.341 e. The van der Waals surface area contributed by atoms with Crippen LogP contribution in [0.3, 0.4) is 0 Å². The van der Waals surface area contributed by atoms with Gasteiger partial charge in [-0.05, 0) is 36.5 Å². The van der Waals surface area contributed by atoms with Crippen LogP contribution in [0.25, 0.3) is 0 Å². The smallest absolute Gasteiger partial charge is 0.239 e. The minimum absolute atomic E-state index is 0.0889. The second-order valence-electron chi connectivity index (χ2n) is 6.36. The molecule has 1 saturated heterocycles. The van der Waals surface area contributed by atoms with Gasteiger partial charge in [0.1, 0.15) is 0 Å². The fraction of sp³-hybridized carbons (Fsp3) is 0.350. The molecule has 1 heterocycles. The predicted octanol–water partition coefficient (Wildman–Crippen LogP) is 3.20. The number of rotatable bonds is 6. The standard InChI is InChI=1S/C20H24N2OS/c21-19(13-16-7-3-1-4-8-16)20(23)22-12-11-17(14-22)15-24-18-9-5-2-6-10-18/h1-10,17,19H,11-15,21H2/t17-,19-/m1/s1. The van der Waals surface area contributed by atoms with Crippen LogP contribution >= 0.6 is 11.8 Å². The molecular weight excluding hydrogens is 316 g/mol. The Kier molecular flexibility index (Phi) is 5.94. The molecule has 0 saturated carbocycles. The van der Waals surface area contributed by atoms with Gasteiger partial charge < -0.3 is 10.6 Å². The largest absolute Gasteiger partial charge is 0.341 e. The average Bonchev–Trinajstić information content (AvgIpc) is 3.10. The van der Waals surface area contributed by atoms with Gasteiger partial charge in [-0.1, -0.05) is 48.5 Å². The van der Waals surface area contributed by atoms with Crippen molar-refractivity contribution < 1.29 is 4.79 Å². The maximum atomic E-state index is 12.6. The Morgan fingerprint density at radius 1 is 1.12 bits per heavy atom. The molecule has 1 fully saturated rings. The molecule has 4 heteroatoms. The summed E-state index contributed by atoms with van der Waals surface area (Å²) in [6, 6.07) is 20.0. The zero-order chi connectivity index (χ0) is 16.8. The van der Waals surface area contributed by atoms with Gasteiger partial charge in [0.05, 0.1) is 6.04 Å². The van der Waals surface area contributed by atoms with Crippen molar-refractivity contribution >= 4 is 17.7 Å². The van der Waals surface area contributed by atoms with Crippen LogP contribution in [0.1, 0.15) is 12.0 Å². The zero-order valence-electron chi connectivity index (χ0n) is 13.8. The van der Waals surface area contributed by atoms with E-state index in [1.807, 2.05) is 53.1 Å². The molecule has 2 atom stereocenters. The van der Waals surface area contributed by atoms with Crippen molar-refractivity contribution in [1.82, 2.24) is 4.90 Å². The molecule has 2 aromatic carbocycles. The van der Waals surface area contributed by atoms with E-state index in [1.165, 1.54) is 4.90 Å². The first-order valence-corrected chi connectivity index (χ1v) is 9.47. The van der Waals surface area contributed by atoms with E-state index in [9.17, 15) is 4.79 Å². The molecule has 0 bridgehead atoms. The summed E-state index contributed by atoms with van der Waals surface area (Å²) in [7, 11) is 0. The molecule has 0 aliphatic carbocycles. The Balaban J connectivity index is 1.47. The van der Waals surface area contributed by atoms with E-state index in [2.05, 4.69) is 24.3 Å². The first-order chi connectivity index (χ1) is 11.7. The lowest BCUT2D eigenvalue weighted by Gasteiger charge is -2.21. The van der Waals surface area contributed by atoms with Gasteiger partial charge in [0, 0.05) is 23.7 Å². The van der Waals surface area contributed by atoms with Gasteiger partial charge in [-0.3, -0.25) is 4.79 Å². The number of likely N-dealkylation sites (tertiary alicyclic amines) is 1. The molecule has 3 rings (SSSR count). The number of nitrogens with zero attached hydrogens (tertiary/aromatic N) is 1. The second-order valence-corrected chi connectivity index (χ2v) is 7.45. The number of hydrogen-bond donors (Lipinski definition) is 1. The number of carbonyl (C=O) groups excluding carboxylic acids is 1. The van der Waals surface area contributed by atoms with Crippen LogP contribution in [0.15, 0.2) is 65.6 Å². The minimum atomic E-state index is -0.437. The Morgan fingerprint density at radius 3 is 2.50 bits per heavy atom. The van der Waals surface area contributed by atoms with E-state index in [0.717, 1.165) is 30.8 Å². The van der Waals surface area contributed by atoms with Crippen molar-refractivity contribution in [1.29, 1.82) is 0 Å².